The Labute approximate surface area is 150 Å². The Balaban J connectivity index is 1.77. The van der Waals surface area contributed by atoms with E-state index in [0.29, 0.717) is 18.5 Å². The van der Waals surface area contributed by atoms with Gasteiger partial charge in [-0.2, -0.15) is 0 Å². The number of carbonyl (C=O) groups excluding carboxylic acids is 2. The third-order valence-electron chi connectivity index (χ3n) is 3.71. The van der Waals surface area contributed by atoms with E-state index in [-0.39, 0.29) is 18.0 Å². The number of rotatable bonds is 9. The molecular weight excluding hydrogens is 336 g/mol. The molecular formula is C18H20N4O4. The number of amides is 2. The van der Waals surface area contributed by atoms with Crippen molar-refractivity contribution in [1.29, 1.82) is 0 Å². The highest BCUT2D eigenvalue weighted by Crippen LogP contribution is 2.15. The van der Waals surface area contributed by atoms with Crippen LogP contribution in [0.25, 0.3) is 0 Å². The fraction of sp³-hybridized carbons (Fsp3) is 0.222. The summed E-state index contributed by atoms with van der Waals surface area (Å²) in [5.41, 5.74) is 6.76. The molecule has 0 aliphatic carbocycles. The Morgan fingerprint density at radius 2 is 1.73 bits per heavy atom. The van der Waals surface area contributed by atoms with E-state index in [9.17, 15) is 19.7 Å². The molecule has 0 aliphatic rings. The number of anilines is 1. The van der Waals surface area contributed by atoms with Gasteiger partial charge in [-0.25, -0.2) is 0 Å². The first-order chi connectivity index (χ1) is 12.5. The maximum absolute atomic E-state index is 12.0. The molecule has 136 valence electrons. The maximum atomic E-state index is 12.0. The third kappa shape index (κ3) is 5.59. The standard InChI is InChI=1S/C18H20N4O4/c19-18(24)17(13-5-2-1-3-6-13)21-16(23)7-4-12-20-14-8-10-15(11-9-14)22(25)26/h1-3,5-6,8-11,17,20H,4,7,12H2,(H2,19,24)(H,21,23). The average Bonchev–Trinajstić information content (AvgIpc) is 2.64. The fourth-order valence-electron chi connectivity index (χ4n) is 2.38. The van der Waals surface area contributed by atoms with Crippen molar-refractivity contribution in [1.82, 2.24) is 5.32 Å². The molecule has 2 rings (SSSR count). The molecule has 4 N–H and O–H groups in total. The van der Waals surface area contributed by atoms with Crippen molar-refractivity contribution >= 4 is 23.2 Å². The predicted molar refractivity (Wildman–Crippen MR) is 97.3 cm³/mol. The number of nitrogens with two attached hydrogens (primary N) is 1. The lowest BCUT2D eigenvalue weighted by atomic mass is 10.1. The number of nitrogens with one attached hydrogen (secondary N) is 2. The van der Waals surface area contributed by atoms with Crippen LogP contribution >= 0.6 is 0 Å². The summed E-state index contributed by atoms with van der Waals surface area (Å²) < 4.78 is 0. The molecule has 0 saturated heterocycles. The molecule has 8 nitrogen and oxygen atoms in total. The number of nitrogens with zero attached hydrogens (tertiary/aromatic N) is 1. The minimum Gasteiger partial charge on any atom is -0.385 e. The van der Waals surface area contributed by atoms with Crippen molar-refractivity contribution in [2.24, 2.45) is 5.73 Å². The van der Waals surface area contributed by atoms with E-state index < -0.39 is 16.9 Å². The van der Waals surface area contributed by atoms with Gasteiger partial charge in [-0.3, -0.25) is 19.7 Å². The van der Waals surface area contributed by atoms with Crippen molar-refractivity contribution in [2.75, 3.05) is 11.9 Å². The predicted octanol–water partition coefficient (Wildman–Crippen LogP) is 2.13. The molecule has 0 aliphatic heterocycles. The van der Waals surface area contributed by atoms with E-state index in [1.807, 2.05) is 6.07 Å². The molecule has 1 unspecified atom stereocenters. The molecule has 0 heterocycles. The van der Waals surface area contributed by atoms with Gasteiger partial charge in [-0.1, -0.05) is 30.3 Å². The molecule has 0 spiro atoms. The van der Waals surface area contributed by atoms with Crippen LogP contribution in [-0.2, 0) is 9.59 Å². The van der Waals surface area contributed by atoms with Crippen molar-refractivity contribution in [2.45, 2.75) is 18.9 Å². The SMILES string of the molecule is NC(=O)C(NC(=O)CCCNc1ccc([N+](=O)[O-])cc1)c1ccccc1. The Bertz CT molecular complexity index is 763. The Morgan fingerprint density at radius 3 is 2.31 bits per heavy atom. The number of non-ortho nitro benzene ring substituents is 1. The lowest BCUT2D eigenvalue weighted by Gasteiger charge is -2.16. The van der Waals surface area contributed by atoms with Crippen LogP contribution in [0.5, 0.6) is 0 Å². The summed E-state index contributed by atoms with van der Waals surface area (Å²) in [5, 5.41) is 16.3. The Hall–Kier alpha value is -3.42. The maximum Gasteiger partial charge on any atom is 0.269 e. The highest BCUT2D eigenvalue weighted by atomic mass is 16.6. The third-order valence-corrected chi connectivity index (χ3v) is 3.71. The van der Waals surface area contributed by atoms with Crippen LogP contribution in [0.1, 0.15) is 24.4 Å². The zero-order valence-electron chi connectivity index (χ0n) is 14.1. The quantitative estimate of drug-likeness (QED) is 0.360. The molecule has 0 radical (unpaired) electrons. The van der Waals surface area contributed by atoms with Crippen molar-refractivity contribution in [3.05, 3.63) is 70.3 Å². The minimum absolute atomic E-state index is 0.0216. The van der Waals surface area contributed by atoms with Crippen LogP contribution in [0.4, 0.5) is 11.4 Å². The van der Waals surface area contributed by atoms with Crippen LogP contribution in [0.3, 0.4) is 0 Å². The lowest BCUT2D eigenvalue weighted by Crippen LogP contribution is -2.37. The number of nitro benzene ring substituents is 1. The molecule has 1 atom stereocenters. The van der Waals surface area contributed by atoms with E-state index in [0.717, 1.165) is 5.69 Å². The van der Waals surface area contributed by atoms with Gasteiger partial charge in [-0.05, 0) is 24.1 Å². The second-order valence-corrected chi connectivity index (χ2v) is 5.65. The van der Waals surface area contributed by atoms with Gasteiger partial charge in [0.05, 0.1) is 4.92 Å². The van der Waals surface area contributed by atoms with Crippen molar-refractivity contribution < 1.29 is 14.5 Å². The van der Waals surface area contributed by atoms with Crippen molar-refractivity contribution in [3.8, 4) is 0 Å². The first kappa shape index (κ1) is 18.9. The number of hydrogen-bond donors (Lipinski definition) is 3. The van der Waals surface area contributed by atoms with Crippen LogP contribution < -0.4 is 16.4 Å². The van der Waals surface area contributed by atoms with Crippen molar-refractivity contribution in [3.63, 3.8) is 0 Å². The molecule has 0 bridgehead atoms. The summed E-state index contributed by atoms with van der Waals surface area (Å²) in [4.78, 5) is 33.7. The molecule has 0 aromatic heterocycles. The summed E-state index contributed by atoms with van der Waals surface area (Å²) >= 11 is 0. The van der Waals surface area contributed by atoms with E-state index in [1.165, 1.54) is 12.1 Å². The molecule has 8 heteroatoms. The van der Waals surface area contributed by atoms with Crippen LogP contribution in [-0.4, -0.2) is 23.3 Å². The number of hydrogen-bond acceptors (Lipinski definition) is 5. The van der Waals surface area contributed by atoms with E-state index in [4.69, 9.17) is 5.73 Å². The second-order valence-electron chi connectivity index (χ2n) is 5.65. The summed E-state index contributed by atoms with van der Waals surface area (Å²) in [5.74, 6) is -0.892. The summed E-state index contributed by atoms with van der Waals surface area (Å²) in [6.07, 6.45) is 0.750. The highest BCUT2D eigenvalue weighted by molar-refractivity contribution is 5.87. The number of primary amides is 1. The monoisotopic (exact) mass is 356 g/mol. The van der Waals surface area contributed by atoms with Gasteiger partial charge in [0.1, 0.15) is 6.04 Å². The smallest absolute Gasteiger partial charge is 0.269 e. The number of nitro groups is 1. The van der Waals surface area contributed by atoms with Gasteiger partial charge in [0.15, 0.2) is 0 Å². The van der Waals surface area contributed by atoms with Gasteiger partial charge in [0.25, 0.3) is 5.69 Å². The molecule has 0 saturated carbocycles. The Morgan fingerprint density at radius 1 is 1.08 bits per heavy atom. The molecule has 2 aromatic rings. The van der Waals surface area contributed by atoms with Crippen LogP contribution in [0.15, 0.2) is 54.6 Å². The number of benzene rings is 2. The van der Waals surface area contributed by atoms with E-state index in [2.05, 4.69) is 10.6 Å². The average molecular weight is 356 g/mol. The summed E-state index contributed by atoms with van der Waals surface area (Å²) in [7, 11) is 0. The molecule has 0 fully saturated rings. The molecule has 2 aromatic carbocycles. The highest BCUT2D eigenvalue weighted by Gasteiger charge is 2.19. The minimum atomic E-state index is -0.855. The zero-order valence-corrected chi connectivity index (χ0v) is 14.1. The van der Waals surface area contributed by atoms with Gasteiger partial charge in [0, 0.05) is 30.8 Å². The normalized spacial score (nSPS) is 11.4. The fourth-order valence-corrected chi connectivity index (χ4v) is 2.38. The lowest BCUT2D eigenvalue weighted by molar-refractivity contribution is -0.384. The summed E-state index contributed by atoms with van der Waals surface area (Å²) in [6, 6.07) is 14.0. The van der Waals surface area contributed by atoms with E-state index in [1.54, 1.807) is 36.4 Å². The zero-order chi connectivity index (χ0) is 18.9. The molecule has 2 amide bonds. The first-order valence-corrected chi connectivity index (χ1v) is 8.09. The summed E-state index contributed by atoms with van der Waals surface area (Å²) in [6.45, 7) is 0.512. The Kier molecular flexibility index (Phi) is 6.67. The van der Waals surface area contributed by atoms with Gasteiger partial charge < -0.3 is 16.4 Å². The largest absolute Gasteiger partial charge is 0.385 e. The first-order valence-electron chi connectivity index (χ1n) is 8.09. The van der Waals surface area contributed by atoms with Crippen LogP contribution in [0.2, 0.25) is 0 Å². The second kappa shape index (κ2) is 9.16. The van der Waals surface area contributed by atoms with Gasteiger partial charge in [-0.15, -0.1) is 0 Å². The topological polar surface area (TPSA) is 127 Å². The number of carbonyl (C=O) groups is 2. The van der Waals surface area contributed by atoms with Gasteiger partial charge in [0.2, 0.25) is 11.8 Å². The van der Waals surface area contributed by atoms with E-state index >= 15 is 0 Å². The molecule has 26 heavy (non-hydrogen) atoms. The van der Waals surface area contributed by atoms with Gasteiger partial charge >= 0.3 is 0 Å². The van der Waals surface area contributed by atoms with Crippen LogP contribution in [0, 0.1) is 10.1 Å².